The van der Waals surface area contributed by atoms with Crippen molar-refractivity contribution in [2.45, 2.75) is 44.6 Å². The summed E-state index contributed by atoms with van der Waals surface area (Å²) in [6.45, 7) is 7.57. The van der Waals surface area contributed by atoms with Crippen molar-refractivity contribution in [1.82, 2.24) is 14.4 Å². The first-order valence-electron chi connectivity index (χ1n) is 9.69. The van der Waals surface area contributed by atoms with Gasteiger partial charge in [-0.1, -0.05) is 5.16 Å². The van der Waals surface area contributed by atoms with E-state index in [4.69, 9.17) is 4.52 Å². The Bertz CT molecular complexity index is 938. The van der Waals surface area contributed by atoms with Crippen LogP contribution in [0.3, 0.4) is 0 Å². The van der Waals surface area contributed by atoms with Crippen LogP contribution in [0.15, 0.2) is 33.7 Å². The topological polar surface area (TPSA) is 66.7 Å². The Kier molecular flexibility index (Phi) is 5.05. The van der Waals surface area contributed by atoms with Crippen LogP contribution in [0.1, 0.15) is 36.3 Å². The van der Waals surface area contributed by atoms with Crippen molar-refractivity contribution < 1.29 is 17.3 Å². The maximum Gasteiger partial charge on any atom is 0.243 e. The number of rotatable bonds is 4. The fraction of sp³-hybridized carbons (Fsp3) is 0.550. The lowest BCUT2D eigenvalue weighted by Gasteiger charge is -2.40. The molecule has 8 heteroatoms. The van der Waals surface area contributed by atoms with Crippen LogP contribution in [0.25, 0.3) is 0 Å². The van der Waals surface area contributed by atoms with Crippen LogP contribution in [-0.4, -0.2) is 49.0 Å². The third kappa shape index (κ3) is 3.60. The van der Waals surface area contributed by atoms with Crippen molar-refractivity contribution in [2.24, 2.45) is 5.41 Å². The molecule has 0 saturated carbocycles. The van der Waals surface area contributed by atoms with Gasteiger partial charge in [0.2, 0.25) is 10.0 Å². The number of benzene rings is 1. The van der Waals surface area contributed by atoms with E-state index in [2.05, 4.69) is 10.1 Å². The maximum absolute atomic E-state index is 13.2. The summed E-state index contributed by atoms with van der Waals surface area (Å²) >= 11 is 0. The quantitative estimate of drug-likeness (QED) is 0.779. The number of nitrogens with zero attached hydrogens (tertiary/aromatic N) is 3. The van der Waals surface area contributed by atoms with Crippen molar-refractivity contribution in [2.75, 3.05) is 26.2 Å². The van der Waals surface area contributed by atoms with Gasteiger partial charge >= 0.3 is 0 Å². The lowest BCUT2D eigenvalue weighted by molar-refractivity contribution is 0.0930. The molecule has 152 valence electrons. The van der Waals surface area contributed by atoms with E-state index < -0.39 is 15.8 Å². The van der Waals surface area contributed by atoms with Crippen LogP contribution in [0.2, 0.25) is 0 Å². The summed E-state index contributed by atoms with van der Waals surface area (Å²) in [5.41, 5.74) is 2.03. The number of aryl methyl sites for hydroxylation is 2. The van der Waals surface area contributed by atoms with Gasteiger partial charge in [-0.05, 0) is 69.3 Å². The first-order valence-corrected chi connectivity index (χ1v) is 11.1. The van der Waals surface area contributed by atoms with Crippen LogP contribution in [0.5, 0.6) is 0 Å². The number of halogens is 1. The summed E-state index contributed by atoms with van der Waals surface area (Å²) in [5.74, 6) is 0.420. The molecule has 0 aliphatic carbocycles. The van der Waals surface area contributed by atoms with Gasteiger partial charge in [0.05, 0.1) is 10.6 Å². The van der Waals surface area contributed by atoms with Crippen LogP contribution < -0.4 is 0 Å². The van der Waals surface area contributed by atoms with Gasteiger partial charge in [0.15, 0.2) is 0 Å². The van der Waals surface area contributed by atoms with E-state index >= 15 is 0 Å². The summed E-state index contributed by atoms with van der Waals surface area (Å²) in [6, 6.07) is 5.09. The third-order valence-electron chi connectivity index (χ3n) is 6.16. The molecule has 1 atom stereocenters. The Morgan fingerprint density at radius 3 is 2.57 bits per heavy atom. The second-order valence-corrected chi connectivity index (χ2v) is 10.1. The minimum Gasteiger partial charge on any atom is -0.361 e. The van der Waals surface area contributed by atoms with E-state index in [-0.39, 0.29) is 10.3 Å². The van der Waals surface area contributed by atoms with Gasteiger partial charge in [-0.3, -0.25) is 4.90 Å². The molecule has 0 bridgehead atoms. The van der Waals surface area contributed by atoms with Crippen molar-refractivity contribution in [3.8, 4) is 0 Å². The molecule has 6 nitrogen and oxygen atoms in total. The molecule has 1 aromatic heterocycles. The van der Waals surface area contributed by atoms with E-state index in [1.165, 1.54) is 24.3 Å². The molecule has 0 amide bonds. The number of sulfonamides is 1. The lowest BCUT2D eigenvalue weighted by atomic mass is 9.79. The number of hydrogen-bond donors (Lipinski definition) is 0. The Morgan fingerprint density at radius 2 is 1.89 bits per heavy atom. The summed E-state index contributed by atoms with van der Waals surface area (Å²) in [7, 11) is -3.59. The molecular weight excluding hydrogens is 381 g/mol. The zero-order valence-electron chi connectivity index (χ0n) is 16.3. The smallest absolute Gasteiger partial charge is 0.243 e. The van der Waals surface area contributed by atoms with E-state index in [9.17, 15) is 12.8 Å². The largest absolute Gasteiger partial charge is 0.361 e. The molecule has 0 unspecified atom stereocenters. The summed E-state index contributed by atoms with van der Waals surface area (Å²) in [5, 5.41) is 4.04. The molecule has 2 aliphatic heterocycles. The highest BCUT2D eigenvalue weighted by molar-refractivity contribution is 7.89. The highest BCUT2D eigenvalue weighted by atomic mass is 32.2. The van der Waals surface area contributed by atoms with E-state index in [0.29, 0.717) is 13.1 Å². The molecule has 1 aromatic carbocycles. The van der Waals surface area contributed by atoms with Crippen LogP contribution in [0.4, 0.5) is 4.39 Å². The van der Waals surface area contributed by atoms with Crippen LogP contribution in [-0.2, 0) is 16.6 Å². The minimum absolute atomic E-state index is 0.0235. The average molecular weight is 408 g/mol. The van der Waals surface area contributed by atoms with Gasteiger partial charge in [-0.25, -0.2) is 12.8 Å². The van der Waals surface area contributed by atoms with E-state index in [0.717, 1.165) is 55.9 Å². The Labute approximate surface area is 165 Å². The highest BCUT2D eigenvalue weighted by Crippen LogP contribution is 2.41. The molecule has 3 heterocycles. The van der Waals surface area contributed by atoms with Gasteiger partial charge in [-0.15, -0.1) is 0 Å². The number of piperidine rings is 1. The van der Waals surface area contributed by atoms with Crippen molar-refractivity contribution in [3.63, 3.8) is 0 Å². The molecule has 1 spiro atoms. The summed E-state index contributed by atoms with van der Waals surface area (Å²) in [6.07, 6.45) is 2.93. The van der Waals surface area contributed by atoms with Crippen molar-refractivity contribution in [3.05, 3.63) is 47.1 Å². The Morgan fingerprint density at radius 1 is 1.14 bits per heavy atom. The third-order valence-corrected chi connectivity index (χ3v) is 8.02. The number of aromatic nitrogens is 1. The predicted molar refractivity (Wildman–Crippen MR) is 103 cm³/mol. The van der Waals surface area contributed by atoms with Gasteiger partial charge < -0.3 is 4.52 Å². The molecule has 2 fully saturated rings. The molecule has 28 heavy (non-hydrogen) atoms. The lowest BCUT2D eigenvalue weighted by Crippen LogP contribution is -2.45. The number of hydrogen-bond acceptors (Lipinski definition) is 5. The van der Waals surface area contributed by atoms with Gasteiger partial charge in [-0.2, -0.15) is 4.31 Å². The standard InChI is InChI=1S/C20H26FN3O3S/c1-15-19(16(2)27-22-15)12-23-10-3-8-20(13-23)9-11-24(14-20)28(25,26)18-6-4-17(21)5-7-18/h4-7H,3,8-14H2,1-2H3/t20-/m1/s1. The van der Waals surface area contributed by atoms with Crippen LogP contribution >= 0.6 is 0 Å². The fourth-order valence-corrected chi connectivity index (χ4v) is 6.14. The number of likely N-dealkylation sites (tertiary alicyclic amines) is 1. The monoisotopic (exact) mass is 407 g/mol. The zero-order valence-corrected chi connectivity index (χ0v) is 17.1. The second kappa shape index (κ2) is 7.24. The van der Waals surface area contributed by atoms with Gasteiger partial charge in [0.25, 0.3) is 0 Å². The molecule has 2 aromatic rings. The Balaban J connectivity index is 1.48. The molecule has 4 rings (SSSR count). The molecular formula is C20H26FN3O3S. The van der Waals surface area contributed by atoms with Crippen molar-refractivity contribution >= 4 is 10.0 Å². The van der Waals surface area contributed by atoms with Gasteiger partial charge in [0.1, 0.15) is 11.6 Å². The highest BCUT2D eigenvalue weighted by Gasteiger charge is 2.45. The second-order valence-electron chi connectivity index (χ2n) is 8.16. The Hall–Kier alpha value is -1.77. The maximum atomic E-state index is 13.2. The average Bonchev–Trinajstić information content (AvgIpc) is 3.21. The normalized spacial score (nSPS) is 24.2. The molecule has 2 aliphatic rings. The molecule has 2 saturated heterocycles. The molecule has 0 N–H and O–H groups in total. The summed E-state index contributed by atoms with van der Waals surface area (Å²) < 4.78 is 46.0. The predicted octanol–water partition coefficient (Wildman–Crippen LogP) is 3.11. The van der Waals surface area contributed by atoms with E-state index in [1.807, 2.05) is 13.8 Å². The van der Waals surface area contributed by atoms with Crippen molar-refractivity contribution in [1.29, 1.82) is 0 Å². The first-order chi connectivity index (χ1) is 13.3. The minimum atomic E-state index is -3.59. The SMILES string of the molecule is Cc1noc(C)c1CN1CCC[C@@]2(CCN(S(=O)(=O)c3ccc(F)cc3)C2)C1. The summed E-state index contributed by atoms with van der Waals surface area (Å²) in [4.78, 5) is 2.55. The van der Waals surface area contributed by atoms with Crippen LogP contribution in [0, 0.1) is 25.1 Å². The van der Waals surface area contributed by atoms with Gasteiger partial charge in [0, 0.05) is 31.7 Å². The van der Waals surface area contributed by atoms with E-state index in [1.54, 1.807) is 4.31 Å². The fourth-order valence-electron chi connectivity index (χ4n) is 4.58. The zero-order chi connectivity index (χ0) is 19.9. The molecule has 0 radical (unpaired) electrons. The first kappa shape index (κ1) is 19.5.